The van der Waals surface area contributed by atoms with Crippen LogP contribution in [0.15, 0.2) is 23.2 Å². The first kappa shape index (κ1) is 10.5. The number of nitrogens with two attached hydrogens (primary N) is 1. The van der Waals surface area contributed by atoms with E-state index in [0.717, 1.165) is 19.5 Å². The predicted molar refractivity (Wildman–Crippen MR) is 65.6 cm³/mol. The van der Waals surface area contributed by atoms with Crippen LogP contribution in [-0.4, -0.2) is 11.7 Å². The molecule has 2 heterocycles. The molecule has 1 amide bonds. The standard InChI is InChI=1S/C13H15N3O/c14-13-11(3-4-12(17)16-13)8-1-2-9-6-15-7-10(9)5-8/h1-2,5,11,15H,3-4,6-7H2,(H2,14,16,17). The summed E-state index contributed by atoms with van der Waals surface area (Å²) in [4.78, 5) is 15.0. The third kappa shape index (κ3) is 1.85. The van der Waals surface area contributed by atoms with Crippen molar-refractivity contribution in [2.45, 2.75) is 31.8 Å². The number of amides is 1. The predicted octanol–water partition coefficient (Wildman–Crippen LogP) is 1.05. The Hall–Kier alpha value is -1.68. The minimum atomic E-state index is -0.0958. The van der Waals surface area contributed by atoms with Gasteiger partial charge in [-0.1, -0.05) is 18.2 Å². The Morgan fingerprint density at radius 1 is 1.29 bits per heavy atom. The highest BCUT2D eigenvalue weighted by Crippen LogP contribution is 2.28. The minimum Gasteiger partial charge on any atom is -0.387 e. The summed E-state index contributed by atoms with van der Waals surface area (Å²) in [7, 11) is 0. The summed E-state index contributed by atoms with van der Waals surface area (Å²) < 4.78 is 0. The van der Waals surface area contributed by atoms with Crippen LogP contribution in [0.5, 0.6) is 0 Å². The smallest absolute Gasteiger partial charge is 0.247 e. The normalized spacial score (nSPS) is 23.4. The Kier molecular flexibility index (Phi) is 2.44. The lowest BCUT2D eigenvalue weighted by Crippen LogP contribution is -2.27. The Bertz CT molecular complexity index is 507. The summed E-state index contributed by atoms with van der Waals surface area (Å²) in [6.45, 7) is 1.87. The number of aliphatic imine (C=N–C) groups is 1. The van der Waals surface area contributed by atoms with Crippen molar-refractivity contribution in [1.82, 2.24) is 5.32 Å². The molecule has 1 atom stereocenters. The number of nitrogens with zero attached hydrogens (tertiary/aromatic N) is 1. The first-order chi connectivity index (χ1) is 8.24. The molecule has 2 aliphatic rings. The topological polar surface area (TPSA) is 67.5 Å². The number of nitrogens with one attached hydrogen (secondary N) is 1. The molecule has 0 saturated carbocycles. The number of rotatable bonds is 1. The van der Waals surface area contributed by atoms with Crippen LogP contribution >= 0.6 is 0 Å². The zero-order valence-electron chi connectivity index (χ0n) is 9.57. The summed E-state index contributed by atoms with van der Waals surface area (Å²) >= 11 is 0. The Morgan fingerprint density at radius 2 is 2.12 bits per heavy atom. The molecule has 88 valence electrons. The van der Waals surface area contributed by atoms with E-state index >= 15 is 0 Å². The van der Waals surface area contributed by atoms with Crippen LogP contribution in [0.2, 0.25) is 0 Å². The van der Waals surface area contributed by atoms with Crippen molar-refractivity contribution in [3.63, 3.8) is 0 Å². The highest BCUT2D eigenvalue weighted by molar-refractivity contribution is 5.99. The SMILES string of the molecule is NC1=NC(=O)CCC1c1ccc2c(c1)CNC2. The first-order valence-electron chi connectivity index (χ1n) is 5.93. The molecule has 4 nitrogen and oxygen atoms in total. The number of fused-ring (bicyclic) bond motifs is 1. The molecule has 3 N–H and O–H groups in total. The molecular formula is C13H15N3O. The van der Waals surface area contributed by atoms with E-state index in [1.807, 2.05) is 0 Å². The maximum Gasteiger partial charge on any atom is 0.247 e. The van der Waals surface area contributed by atoms with Gasteiger partial charge in [0.2, 0.25) is 5.91 Å². The molecule has 0 radical (unpaired) electrons. The lowest BCUT2D eigenvalue weighted by Gasteiger charge is -2.20. The molecular weight excluding hydrogens is 214 g/mol. The summed E-state index contributed by atoms with van der Waals surface area (Å²) in [6.07, 6.45) is 1.28. The van der Waals surface area contributed by atoms with Gasteiger partial charge >= 0.3 is 0 Å². The fourth-order valence-corrected chi connectivity index (χ4v) is 2.56. The number of benzene rings is 1. The molecule has 0 aliphatic carbocycles. The van der Waals surface area contributed by atoms with Crippen LogP contribution in [0.4, 0.5) is 0 Å². The zero-order valence-corrected chi connectivity index (χ0v) is 9.57. The van der Waals surface area contributed by atoms with Gasteiger partial charge in [-0.2, -0.15) is 0 Å². The number of hydrogen-bond acceptors (Lipinski definition) is 3. The van der Waals surface area contributed by atoms with Crippen LogP contribution in [0.25, 0.3) is 0 Å². The van der Waals surface area contributed by atoms with Crippen LogP contribution in [0, 0.1) is 0 Å². The molecule has 2 aliphatic heterocycles. The van der Waals surface area contributed by atoms with E-state index in [1.54, 1.807) is 0 Å². The second kappa shape index (κ2) is 3.96. The third-order valence-corrected chi connectivity index (χ3v) is 3.52. The van der Waals surface area contributed by atoms with Gasteiger partial charge in [0.15, 0.2) is 0 Å². The highest BCUT2D eigenvalue weighted by atomic mass is 16.1. The second-order valence-electron chi connectivity index (χ2n) is 4.65. The lowest BCUT2D eigenvalue weighted by molar-refractivity contribution is -0.118. The van der Waals surface area contributed by atoms with Gasteiger partial charge in [0, 0.05) is 25.4 Å². The monoisotopic (exact) mass is 229 g/mol. The summed E-state index contributed by atoms with van der Waals surface area (Å²) in [5, 5.41) is 3.32. The average molecular weight is 229 g/mol. The van der Waals surface area contributed by atoms with Crippen LogP contribution in [-0.2, 0) is 17.9 Å². The van der Waals surface area contributed by atoms with E-state index in [0.29, 0.717) is 12.3 Å². The molecule has 0 fully saturated rings. The number of amidine groups is 1. The molecule has 4 heteroatoms. The quantitative estimate of drug-likeness (QED) is 0.756. The van der Waals surface area contributed by atoms with Gasteiger partial charge in [-0.25, -0.2) is 4.99 Å². The van der Waals surface area contributed by atoms with Crippen LogP contribution < -0.4 is 11.1 Å². The van der Waals surface area contributed by atoms with Crippen molar-refractivity contribution in [2.24, 2.45) is 10.7 Å². The molecule has 0 spiro atoms. The van der Waals surface area contributed by atoms with Gasteiger partial charge in [0.05, 0.1) is 0 Å². The maximum atomic E-state index is 11.2. The van der Waals surface area contributed by atoms with Crippen LogP contribution in [0.1, 0.15) is 35.4 Å². The van der Waals surface area contributed by atoms with E-state index in [9.17, 15) is 4.79 Å². The highest BCUT2D eigenvalue weighted by Gasteiger charge is 2.23. The van der Waals surface area contributed by atoms with Crippen molar-refractivity contribution in [1.29, 1.82) is 0 Å². The maximum absolute atomic E-state index is 11.2. The molecule has 1 aromatic rings. The van der Waals surface area contributed by atoms with E-state index in [1.165, 1.54) is 16.7 Å². The fourth-order valence-electron chi connectivity index (χ4n) is 2.56. The molecule has 0 aromatic heterocycles. The third-order valence-electron chi connectivity index (χ3n) is 3.52. The van der Waals surface area contributed by atoms with Crippen molar-refractivity contribution in [2.75, 3.05) is 0 Å². The molecule has 1 aromatic carbocycles. The first-order valence-corrected chi connectivity index (χ1v) is 5.93. The Labute approximate surface area is 99.9 Å². The van der Waals surface area contributed by atoms with Gasteiger partial charge in [0.25, 0.3) is 0 Å². The summed E-state index contributed by atoms with van der Waals surface area (Å²) in [5.41, 5.74) is 9.74. The summed E-state index contributed by atoms with van der Waals surface area (Å²) in [6, 6.07) is 6.45. The van der Waals surface area contributed by atoms with Crippen molar-refractivity contribution in [3.8, 4) is 0 Å². The van der Waals surface area contributed by atoms with Crippen molar-refractivity contribution < 1.29 is 4.79 Å². The fraction of sp³-hybridized carbons (Fsp3) is 0.385. The Morgan fingerprint density at radius 3 is 2.94 bits per heavy atom. The van der Waals surface area contributed by atoms with Gasteiger partial charge in [-0.3, -0.25) is 4.79 Å². The largest absolute Gasteiger partial charge is 0.387 e. The molecule has 17 heavy (non-hydrogen) atoms. The van der Waals surface area contributed by atoms with Gasteiger partial charge in [0.1, 0.15) is 5.84 Å². The summed E-state index contributed by atoms with van der Waals surface area (Å²) in [5.74, 6) is 0.479. The Balaban J connectivity index is 1.94. The number of carbonyl (C=O) groups excluding carboxylic acids is 1. The van der Waals surface area contributed by atoms with Gasteiger partial charge in [-0.05, 0) is 23.1 Å². The zero-order chi connectivity index (χ0) is 11.8. The number of carbonyl (C=O) groups is 1. The van der Waals surface area contributed by atoms with Gasteiger partial charge < -0.3 is 11.1 Å². The van der Waals surface area contributed by atoms with E-state index in [4.69, 9.17) is 5.73 Å². The lowest BCUT2D eigenvalue weighted by atomic mass is 9.89. The average Bonchev–Trinajstić information content (AvgIpc) is 2.75. The van der Waals surface area contributed by atoms with E-state index in [-0.39, 0.29) is 11.8 Å². The van der Waals surface area contributed by atoms with Crippen LogP contribution in [0.3, 0.4) is 0 Å². The molecule has 3 rings (SSSR count). The number of hydrogen-bond donors (Lipinski definition) is 2. The molecule has 0 bridgehead atoms. The molecule has 0 saturated heterocycles. The second-order valence-corrected chi connectivity index (χ2v) is 4.65. The van der Waals surface area contributed by atoms with Gasteiger partial charge in [-0.15, -0.1) is 0 Å². The van der Waals surface area contributed by atoms with E-state index < -0.39 is 0 Å². The minimum absolute atomic E-state index is 0.0958. The van der Waals surface area contributed by atoms with E-state index in [2.05, 4.69) is 28.5 Å². The van der Waals surface area contributed by atoms with Crippen molar-refractivity contribution in [3.05, 3.63) is 34.9 Å². The van der Waals surface area contributed by atoms with Crippen molar-refractivity contribution >= 4 is 11.7 Å². The molecule has 1 unspecified atom stereocenters.